The van der Waals surface area contributed by atoms with E-state index in [9.17, 15) is 0 Å². The van der Waals surface area contributed by atoms with Gasteiger partial charge in [0.25, 0.3) is 0 Å². The molecule has 0 bridgehead atoms. The minimum atomic E-state index is 0.337. The molecule has 0 aromatic carbocycles. The Morgan fingerprint density at radius 3 is 2.53 bits per heavy atom. The van der Waals surface area contributed by atoms with Crippen molar-refractivity contribution in [2.45, 2.75) is 46.7 Å². The van der Waals surface area contributed by atoms with E-state index >= 15 is 0 Å². The van der Waals surface area contributed by atoms with Gasteiger partial charge in [-0.2, -0.15) is 0 Å². The molecule has 0 amide bonds. The van der Waals surface area contributed by atoms with Crippen molar-refractivity contribution in [1.82, 2.24) is 5.32 Å². The molecule has 1 heterocycles. The van der Waals surface area contributed by atoms with Gasteiger partial charge in [0.2, 0.25) is 0 Å². The van der Waals surface area contributed by atoms with E-state index in [1.807, 2.05) is 0 Å². The second-order valence-corrected chi connectivity index (χ2v) is 6.85. The van der Waals surface area contributed by atoms with E-state index in [-0.39, 0.29) is 0 Å². The van der Waals surface area contributed by atoms with Crippen LogP contribution in [0.4, 0.5) is 0 Å². The van der Waals surface area contributed by atoms with Crippen LogP contribution in [0, 0.1) is 5.41 Å². The van der Waals surface area contributed by atoms with E-state index < -0.39 is 0 Å². The summed E-state index contributed by atoms with van der Waals surface area (Å²) in [5.74, 6) is 0. The lowest BCUT2D eigenvalue weighted by Gasteiger charge is -2.30. The van der Waals surface area contributed by atoms with Gasteiger partial charge in [-0.25, -0.2) is 0 Å². The molecule has 3 heteroatoms. The fourth-order valence-electron chi connectivity index (χ4n) is 1.73. The first kappa shape index (κ1) is 13.2. The summed E-state index contributed by atoms with van der Waals surface area (Å²) in [5, 5.41) is 5.76. The van der Waals surface area contributed by atoms with Gasteiger partial charge in [-0.15, -0.1) is 11.3 Å². The molecule has 1 aromatic heterocycles. The first-order valence-corrected chi connectivity index (χ1v) is 7.07. The molecule has 0 aliphatic heterocycles. The van der Waals surface area contributed by atoms with Gasteiger partial charge in [0.05, 0.1) is 0 Å². The summed E-state index contributed by atoms with van der Waals surface area (Å²) in [5.41, 5.74) is 0.337. The Labute approximate surface area is 105 Å². The highest BCUT2D eigenvalue weighted by Gasteiger charge is 2.22. The lowest BCUT2D eigenvalue weighted by atomic mass is 9.85. The average Bonchev–Trinajstić information content (AvgIpc) is 2.50. The number of hydrogen-bond acceptors (Lipinski definition) is 2. The van der Waals surface area contributed by atoms with Gasteiger partial charge in [0.15, 0.2) is 0 Å². The molecule has 0 saturated heterocycles. The molecule has 0 aliphatic rings. The quantitative estimate of drug-likeness (QED) is 0.865. The maximum Gasteiger partial charge on any atom is 0.0302 e. The third kappa shape index (κ3) is 4.25. The number of thiophene rings is 1. The van der Waals surface area contributed by atoms with Gasteiger partial charge in [0.1, 0.15) is 0 Å². The van der Waals surface area contributed by atoms with Crippen LogP contribution in [0.1, 0.15) is 39.0 Å². The Morgan fingerprint density at radius 1 is 1.47 bits per heavy atom. The van der Waals surface area contributed by atoms with Crippen LogP contribution in [0.5, 0.6) is 0 Å². The van der Waals surface area contributed by atoms with Crippen LogP contribution in [0.25, 0.3) is 0 Å². The van der Waals surface area contributed by atoms with E-state index in [0.717, 1.165) is 6.54 Å². The number of rotatable bonds is 4. The highest BCUT2D eigenvalue weighted by Crippen LogP contribution is 2.24. The summed E-state index contributed by atoms with van der Waals surface area (Å²) in [6.07, 6.45) is 1.18. The Morgan fingerprint density at radius 2 is 2.13 bits per heavy atom. The molecule has 15 heavy (non-hydrogen) atoms. The molecule has 1 nitrogen and oxygen atoms in total. The van der Waals surface area contributed by atoms with Crippen LogP contribution in [-0.4, -0.2) is 6.04 Å². The smallest absolute Gasteiger partial charge is 0.0302 e. The van der Waals surface area contributed by atoms with Crippen LogP contribution in [0.3, 0.4) is 0 Å². The van der Waals surface area contributed by atoms with Gasteiger partial charge < -0.3 is 5.32 Å². The summed E-state index contributed by atoms with van der Waals surface area (Å²) in [4.78, 5) is 1.39. The summed E-state index contributed by atoms with van der Waals surface area (Å²) in [6.45, 7) is 10.1. The second-order valence-electron chi connectivity index (χ2n) is 4.94. The van der Waals surface area contributed by atoms with Crippen LogP contribution in [-0.2, 0) is 6.54 Å². The van der Waals surface area contributed by atoms with Crippen LogP contribution in [0.2, 0.25) is 0 Å². The molecule has 1 unspecified atom stereocenters. The van der Waals surface area contributed by atoms with Crippen molar-refractivity contribution in [3.05, 3.63) is 20.8 Å². The Bertz CT molecular complexity index is 301. The van der Waals surface area contributed by atoms with E-state index in [2.05, 4.69) is 60.4 Å². The van der Waals surface area contributed by atoms with Gasteiger partial charge in [-0.3, -0.25) is 0 Å². The fourth-order valence-corrected chi connectivity index (χ4v) is 3.14. The summed E-state index contributed by atoms with van der Waals surface area (Å²) in [6, 6.07) is 2.77. The van der Waals surface area contributed by atoms with Crippen molar-refractivity contribution in [3.8, 4) is 0 Å². The standard InChI is InChI=1S/C12H20BrNS/c1-5-11(12(2,3)4)14-7-10-6-9(13)8-15-10/h6,8,11,14H,5,7H2,1-4H3. The van der Waals surface area contributed by atoms with Gasteiger partial charge >= 0.3 is 0 Å². The molecule has 0 fully saturated rings. The molecule has 1 atom stereocenters. The minimum absolute atomic E-state index is 0.337. The molecule has 1 rings (SSSR count). The predicted octanol–water partition coefficient (Wildman–Crippen LogP) is 4.42. The second kappa shape index (κ2) is 5.46. The normalized spacial score (nSPS) is 14.2. The molecular formula is C12H20BrNS. The number of nitrogens with one attached hydrogen (secondary N) is 1. The zero-order valence-corrected chi connectivity index (χ0v) is 12.3. The van der Waals surface area contributed by atoms with E-state index in [1.165, 1.54) is 15.8 Å². The molecule has 0 saturated carbocycles. The third-order valence-corrected chi connectivity index (χ3v) is 4.30. The molecule has 1 N–H and O–H groups in total. The molecule has 0 aliphatic carbocycles. The van der Waals surface area contributed by atoms with Gasteiger partial charge in [-0.1, -0.05) is 27.7 Å². The van der Waals surface area contributed by atoms with Gasteiger partial charge in [-0.05, 0) is 33.8 Å². The summed E-state index contributed by atoms with van der Waals surface area (Å²) in [7, 11) is 0. The molecule has 1 aromatic rings. The maximum absolute atomic E-state index is 3.63. The minimum Gasteiger partial charge on any atom is -0.309 e. The SMILES string of the molecule is CCC(NCc1cc(Br)cs1)C(C)(C)C. The fraction of sp³-hybridized carbons (Fsp3) is 0.667. The van der Waals surface area contributed by atoms with Crippen molar-refractivity contribution in [3.63, 3.8) is 0 Å². The van der Waals surface area contributed by atoms with E-state index in [4.69, 9.17) is 0 Å². The van der Waals surface area contributed by atoms with Crippen LogP contribution >= 0.6 is 27.3 Å². The van der Waals surface area contributed by atoms with Crippen molar-refractivity contribution >= 4 is 27.3 Å². The van der Waals surface area contributed by atoms with E-state index in [1.54, 1.807) is 11.3 Å². The summed E-state index contributed by atoms with van der Waals surface area (Å²) < 4.78 is 1.19. The Hall–Kier alpha value is 0.140. The topological polar surface area (TPSA) is 12.0 Å². The molecule has 0 radical (unpaired) electrons. The lowest BCUT2D eigenvalue weighted by Crippen LogP contribution is -2.39. The predicted molar refractivity (Wildman–Crippen MR) is 72.4 cm³/mol. The van der Waals surface area contributed by atoms with Crippen LogP contribution in [0.15, 0.2) is 15.9 Å². The van der Waals surface area contributed by atoms with E-state index in [0.29, 0.717) is 11.5 Å². The monoisotopic (exact) mass is 289 g/mol. The Kier molecular flexibility index (Phi) is 4.81. The van der Waals surface area contributed by atoms with Crippen molar-refractivity contribution in [1.29, 1.82) is 0 Å². The number of hydrogen-bond donors (Lipinski definition) is 1. The van der Waals surface area contributed by atoms with Gasteiger partial charge in [0, 0.05) is 27.3 Å². The van der Waals surface area contributed by atoms with Crippen molar-refractivity contribution in [2.75, 3.05) is 0 Å². The van der Waals surface area contributed by atoms with Crippen molar-refractivity contribution < 1.29 is 0 Å². The van der Waals surface area contributed by atoms with Crippen LogP contribution < -0.4 is 5.32 Å². The maximum atomic E-state index is 3.63. The molecular weight excluding hydrogens is 270 g/mol. The first-order chi connectivity index (χ1) is 6.93. The summed E-state index contributed by atoms with van der Waals surface area (Å²) >= 11 is 5.28. The van der Waals surface area contributed by atoms with Crippen molar-refractivity contribution in [2.24, 2.45) is 5.41 Å². The molecule has 86 valence electrons. The molecule has 0 spiro atoms. The zero-order chi connectivity index (χ0) is 11.5. The number of halogens is 1. The largest absolute Gasteiger partial charge is 0.309 e. The third-order valence-electron chi connectivity index (χ3n) is 2.60. The lowest BCUT2D eigenvalue weighted by molar-refractivity contribution is 0.260. The zero-order valence-electron chi connectivity index (χ0n) is 9.93. The first-order valence-electron chi connectivity index (χ1n) is 5.39. The highest BCUT2D eigenvalue weighted by atomic mass is 79.9. The average molecular weight is 290 g/mol. The highest BCUT2D eigenvalue weighted by molar-refractivity contribution is 9.10. The Balaban J connectivity index is 2.48.